The van der Waals surface area contributed by atoms with E-state index in [0.29, 0.717) is 31.1 Å². The zero-order chi connectivity index (χ0) is 21.6. The predicted molar refractivity (Wildman–Crippen MR) is 109 cm³/mol. The van der Waals surface area contributed by atoms with Crippen molar-refractivity contribution in [1.29, 1.82) is 0 Å². The summed E-state index contributed by atoms with van der Waals surface area (Å²) >= 11 is 0. The van der Waals surface area contributed by atoms with E-state index in [4.69, 9.17) is 0 Å². The normalized spacial score (nSPS) is 10.8. The van der Waals surface area contributed by atoms with Crippen molar-refractivity contribution in [2.24, 2.45) is 14.1 Å². The van der Waals surface area contributed by atoms with E-state index < -0.39 is 5.91 Å². The van der Waals surface area contributed by atoms with E-state index in [9.17, 15) is 14.4 Å². The van der Waals surface area contributed by atoms with Crippen molar-refractivity contribution in [3.63, 3.8) is 0 Å². The Morgan fingerprint density at radius 2 is 1.76 bits per heavy atom. The third kappa shape index (κ3) is 6.14. The number of carbonyl (C=O) groups is 3. The molecule has 3 amide bonds. The first-order valence-electron chi connectivity index (χ1n) is 9.33. The molecule has 0 atom stereocenters. The molecule has 11 heteroatoms. The minimum atomic E-state index is -0.433. The van der Waals surface area contributed by atoms with Crippen LogP contribution < -0.4 is 16.0 Å². The first-order chi connectivity index (χ1) is 13.7. The number of aryl methyl sites for hydroxylation is 2. The number of anilines is 2. The molecule has 0 bridgehead atoms. The average Bonchev–Trinajstić information content (AvgIpc) is 3.20. The van der Waals surface area contributed by atoms with E-state index in [1.165, 1.54) is 21.5 Å². The Labute approximate surface area is 169 Å². The first kappa shape index (κ1) is 22.1. The van der Waals surface area contributed by atoms with Gasteiger partial charge in [-0.05, 0) is 20.5 Å². The fourth-order valence-corrected chi connectivity index (χ4v) is 2.48. The van der Waals surface area contributed by atoms with E-state index in [1.54, 1.807) is 14.1 Å². The maximum absolute atomic E-state index is 12.6. The number of hydrogen-bond acceptors (Lipinski definition) is 6. The maximum atomic E-state index is 12.6. The molecule has 0 unspecified atom stereocenters. The fraction of sp³-hybridized carbons (Fsp3) is 0.500. The van der Waals surface area contributed by atoms with E-state index >= 15 is 0 Å². The molecule has 0 aromatic carbocycles. The van der Waals surface area contributed by atoms with Crippen LogP contribution in [0.3, 0.4) is 0 Å². The maximum Gasteiger partial charge on any atom is 0.275 e. The van der Waals surface area contributed by atoms with Gasteiger partial charge in [0.05, 0.1) is 0 Å². The van der Waals surface area contributed by atoms with Crippen LogP contribution in [0.1, 0.15) is 40.7 Å². The average molecular weight is 404 g/mol. The second kappa shape index (κ2) is 9.82. The summed E-state index contributed by atoms with van der Waals surface area (Å²) in [5.74, 6) is -0.248. The first-order valence-corrected chi connectivity index (χ1v) is 9.33. The highest BCUT2D eigenvalue weighted by Gasteiger charge is 2.18. The highest BCUT2D eigenvalue weighted by molar-refractivity contribution is 6.04. The SMILES string of the molecule is CCCNC(=O)c1cc(NC(=O)c2cc(NC(=O)CCN(C)C)nn2C)n(C)n1. The summed E-state index contributed by atoms with van der Waals surface area (Å²) in [4.78, 5) is 38.5. The van der Waals surface area contributed by atoms with Gasteiger partial charge in [0.15, 0.2) is 11.5 Å². The molecular weight excluding hydrogens is 376 g/mol. The van der Waals surface area contributed by atoms with Crippen LogP contribution in [-0.2, 0) is 18.9 Å². The third-order valence-corrected chi connectivity index (χ3v) is 4.06. The molecule has 0 spiro atoms. The zero-order valence-corrected chi connectivity index (χ0v) is 17.4. The van der Waals surface area contributed by atoms with Gasteiger partial charge in [0.1, 0.15) is 11.5 Å². The van der Waals surface area contributed by atoms with Crippen LogP contribution in [0.15, 0.2) is 12.1 Å². The van der Waals surface area contributed by atoms with Crippen molar-refractivity contribution in [2.75, 3.05) is 37.8 Å². The second-order valence-corrected chi connectivity index (χ2v) is 6.89. The molecule has 0 aliphatic rings. The highest BCUT2D eigenvalue weighted by atomic mass is 16.2. The lowest BCUT2D eigenvalue weighted by atomic mass is 10.3. The van der Waals surface area contributed by atoms with Gasteiger partial charge in [0.2, 0.25) is 5.91 Å². The van der Waals surface area contributed by atoms with E-state index in [2.05, 4.69) is 26.1 Å². The number of hydrogen-bond donors (Lipinski definition) is 3. The highest BCUT2D eigenvalue weighted by Crippen LogP contribution is 2.14. The van der Waals surface area contributed by atoms with Crippen LogP contribution in [0.4, 0.5) is 11.6 Å². The fourth-order valence-electron chi connectivity index (χ4n) is 2.48. The van der Waals surface area contributed by atoms with Gasteiger partial charge in [-0.2, -0.15) is 10.2 Å². The summed E-state index contributed by atoms with van der Waals surface area (Å²) in [6.07, 6.45) is 1.14. The minimum absolute atomic E-state index is 0.182. The van der Waals surface area contributed by atoms with Crippen LogP contribution in [0.5, 0.6) is 0 Å². The molecule has 158 valence electrons. The zero-order valence-electron chi connectivity index (χ0n) is 17.4. The van der Waals surface area contributed by atoms with Crippen molar-refractivity contribution in [3.8, 4) is 0 Å². The minimum Gasteiger partial charge on any atom is -0.351 e. The van der Waals surface area contributed by atoms with Crippen LogP contribution in [0, 0.1) is 0 Å². The van der Waals surface area contributed by atoms with Crippen molar-refractivity contribution in [2.45, 2.75) is 19.8 Å². The molecule has 0 aliphatic carbocycles. The number of aromatic nitrogens is 4. The number of rotatable bonds is 9. The molecule has 2 rings (SSSR count). The summed E-state index contributed by atoms with van der Waals surface area (Å²) < 4.78 is 2.79. The van der Waals surface area contributed by atoms with E-state index in [1.807, 2.05) is 25.9 Å². The molecule has 0 radical (unpaired) electrons. The molecule has 11 nitrogen and oxygen atoms in total. The van der Waals surface area contributed by atoms with Gasteiger partial charge in [-0.1, -0.05) is 6.92 Å². The van der Waals surface area contributed by atoms with E-state index in [-0.39, 0.29) is 23.2 Å². The quantitative estimate of drug-likeness (QED) is 0.557. The van der Waals surface area contributed by atoms with Gasteiger partial charge in [0, 0.05) is 45.7 Å². The van der Waals surface area contributed by atoms with Gasteiger partial charge in [0.25, 0.3) is 11.8 Å². The van der Waals surface area contributed by atoms with Crippen LogP contribution in [0.2, 0.25) is 0 Å². The topological polar surface area (TPSA) is 126 Å². The third-order valence-electron chi connectivity index (χ3n) is 4.06. The standard InChI is InChI=1S/C18H28N8O3/c1-6-8-19-17(28)12-10-15(26(5)22-12)21-18(29)13-11-14(23-25(13)4)20-16(27)7-9-24(2)3/h10-11H,6-9H2,1-5H3,(H,19,28)(H,21,29)(H,20,23,27). The number of carbonyl (C=O) groups excluding carboxylic acids is 3. The Morgan fingerprint density at radius 3 is 2.41 bits per heavy atom. The van der Waals surface area contributed by atoms with Crippen LogP contribution in [0.25, 0.3) is 0 Å². The Hall–Kier alpha value is -3.21. The molecule has 2 heterocycles. The summed E-state index contributed by atoms with van der Waals surface area (Å²) in [5, 5.41) is 16.4. The number of amides is 3. The molecule has 3 N–H and O–H groups in total. The molecule has 0 saturated heterocycles. The van der Waals surface area contributed by atoms with Gasteiger partial charge < -0.3 is 20.9 Å². The van der Waals surface area contributed by atoms with Gasteiger partial charge in [-0.25, -0.2) is 0 Å². The lowest BCUT2D eigenvalue weighted by Gasteiger charge is -2.08. The molecule has 2 aromatic rings. The lowest BCUT2D eigenvalue weighted by molar-refractivity contribution is -0.116. The van der Waals surface area contributed by atoms with Crippen molar-refractivity contribution in [1.82, 2.24) is 29.8 Å². The van der Waals surface area contributed by atoms with Crippen molar-refractivity contribution >= 4 is 29.4 Å². The molecule has 29 heavy (non-hydrogen) atoms. The van der Waals surface area contributed by atoms with E-state index in [0.717, 1.165) is 6.42 Å². The second-order valence-electron chi connectivity index (χ2n) is 6.89. The number of nitrogens with zero attached hydrogens (tertiary/aromatic N) is 5. The Morgan fingerprint density at radius 1 is 1.03 bits per heavy atom. The monoisotopic (exact) mass is 404 g/mol. The molecule has 2 aromatic heterocycles. The van der Waals surface area contributed by atoms with Gasteiger partial charge in [-0.15, -0.1) is 0 Å². The van der Waals surface area contributed by atoms with Crippen molar-refractivity contribution < 1.29 is 14.4 Å². The Bertz CT molecular complexity index is 884. The van der Waals surface area contributed by atoms with Crippen LogP contribution in [-0.4, -0.2) is 69.4 Å². The lowest BCUT2D eigenvalue weighted by Crippen LogP contribution is -2.24. The van der Waals surface area contributed by atoms with Crippen LogP contribution >= 0.6 is 0 Å². The summed E-state index contributed by atoms with van der Waals surface area (Å²) in [7, 11) is 7.00. The smallest absolute Gasteiger partial charge is 0.275 e. The summed E-state index contributed by atoms with van der Waals surface area (Å²) in [5.41, 5.74) is 0.473. The molecule has 0 fully saturated rings. The largest absolute Gasteiger partial charge is 0.351 e. The molecule has 0 saturated carbocycles. The molecular formula is C18H28N8O3. The Balaban J connectivity index is 2.04. The predicted octanol–water partition coefficient (Wildman–Crippen LogP) is 0.436. The molecule has 0 aliphatic heterocycles. The summed E-state index contributed by atoms with van der Waals surface area (Å²) in [6, 6.07) is 3.00. The van der Waals surface area contributed by atoms with Crippen molar-refractivity contribution in [3.05, 3.63) is 23.5 Å². The number of nitrogens with one attached hydrogen (secondary N) is 3. The summed E-state index contributed by atoms with van der Waals surface area (Å²) in [6.45, 7) is 3.12. The Kier molecular flexibility index (Phi) is 7.48. The van der Waals surface area contributed by atoms with Gasteiger partial charge >= 0.3 is 0 Å². The van der Waals surface area contributed by atoms with Gasteiger partial charge in [-0.3, -0.25) is 23.7 Å².